The maximum absolute atomic E-state index is 11.6. The SMILES string of the molecule is Cc1ccccc1C1(S(=O)(=O)O)CC(CO)C1. The van der Waals surface area contributed by atoms with E-state index < -0.39 is 14.9 Å². The second-order valence-electron chi connectivity index (χ2n) is 4.74. The van der Waals surface area contributed by atoms with Crippen molar-refractivity contribution in [3.05, 3.63) is 35.4 Å². The van der Waals surface area contributed by atoms with Crippen LogP contribution in [0.1, 0.15) is 24.0 Å². The van der Waals surface area contributed by atoms with Gasteiger partial charge in [-0.1, -0.05) is 24.3 Å². The Morgan fingerprint density at radius 2 is 1.94 bits per heavy atom. The normalized spacial score (nSPS) is 28.8. The molecular formula is C12H16O4S. The van der Waals surface area contributed by atoms with Gasteiger partial charge in [0.25, 0.3) is 10.1 Å². The van der Waals surface area contributed by atoms with Crippen LogP contribution in [0.4, 0.5) is 0 Å². The maximum atomic E-state index is 11.6. The summed E-state index contributed by atoms with van der Waals surface area (Å²) in [4.78, 5) is 0. The number of hydrogen-bond donors (Lipinski definition) is 2. The minimum Gasteiger partial charge on any atom is -0.396 e. The summed E-state index contributed by atoms with van der Waals surface area (Å²) < 4.78 is 31.5. The highest BCUT2D eigenvalue weighted by molar-refractivity contribution is 7.86. The zero-order chi connectivity index (χ0) is 12.7. The van der Waals surface area contributed by atoms with Crippen LogP contribution in [0.25, 0.3) is 0 Å². The van der Waals surface area contributed by atoms with Crippen LogP contribution in [0.3, 0.4) is 0 Å². The smallest absolute Gasteiger partial charge is 0.274 e. The average Bonchev–Trinajstić information content (AvgIpc) is 2.17. The van der Waals surface area contributed by atoms with Gasteiger partial charge in [0, 0.05) is 6.61 Å². The Hall–Kier alpha value is -0.910. The molecule has 1 saturated carbocycles. The van der Waals surface area contributed by atoms with Crippen LogP contribution in [0.15, 0.2) is 24.3 Å². The molecule has 4 nitrogen and oxygen atoms in total. The van der Waals surface area contributed by atoms with E-state index in [0.717, 1.165) is 5.56 Å². The molecule has 0 bridgehead atoms. The van der Waals surface area contributed by atoms with E-state index >= 15 is 0 Å². The quantitative estimate of drug-likeness (QED) is 0.803. The third kappa shape index (κ3) is 1.88. The first kappa shape index (κ1) is 12.5. The fourth-order valence-electron chi connectivity index (χ4n) is 2.66. The fraction of sp³-hybridized carbons (Fsp3) is 0.500. The van der Waals surface area contributed by atoms with Crippen LogP contribution in [-0.4, -0.2) is 24.7 Å². The first-order chi connectivity index (χ1) is 7.90. The molecule has 2 rings (SSSR count). The van der Waals surface area contributed by atoms with Crippen molar-refractivity contribution in [1.82, 2.24) is 0 Å². The maximum Gasteiger partial charge on any atom is 0.274 e. The van der Waals surface area contributed by atoms with Gasteiger partial charge in [0.1, 0.15) is 4.75 Å². The van der Waals surface area contributed by atoms with E-state index in [1.807, 2.05) is 19.1 Å². The molecule has 1 fully saturated rings. The van der Waals surface area contributed by atoms with E-state index in [1.54, 1.807) is 12.1 Å². The zero-order valence-corrected chi connectivity index (χ0v) is 10.4. The molecule has 17 heavy (non-hydrogen) atoms. The van der Waals surface area contributed by atoms with E-state index in [2.05, 4.69) is 0 Å². The topological polar surface area (TPSA) is 74.6 Å². The molecule has 0 heterocycles. The van der Waals surface area contributed by atoms with Crippen molar-refractivity contribution in [2.75, 3.05) is 6.61 Å². The highest BCUT2D eigenvalue weighted by atomic mass is 32.2. The van der Waals surface area contributed by atoms with Gasteiger partial charge in [-0.25, -0.2) is 0 Å². The summed E-state index contributed by atoms with van der Waals surface area (Å²) >= 11 is 0. The van der Waals surface area contributed by atoms with Crippen LogP contribution >= 0.6 is 0 Å². The predicted octanol–water partition coefficient (Wildman–Crippen LogP) is 1.48. The van der Waals surface area contributed by atoms with Crippen molar-refractivity contribution >= 4 is 10.1 Å². The predicted molar refractivity (Wildman–Crippen MR) is 64.2 cm³/mol. The summed E-state index contributed by atoms with van der Waals surface area (Å²) in [6.45, 7) is 1.79. The molecular weight excluding hydrogens is 240 g/mol. The molecule has 2 N–H and O–H groups in total. The second kappa shape index (κ2) is 4.08. The van der Waals surface area contributed by atoms with Gasteiger partial charge in [-0.2, -0.15) is 8.42 Å². The molecule has 0 radical (unpaired) electrons. The van der Waals surface area contributed by atoms with Gasteiger partial charge in [0.2, 0.25) is 0 Å². The highest BCUT2D eigenvalue weighted by Crippen LogP contribution is 2.51. The first-order valence-electron chi connectivity index (χ1n) is 5.55. The van der Waals surface area contributed by atoms with Crippen molar-refractivity contribution in [2.24, 2.45) is 5.92 Å². The molecule has 0 saturated heterocycles. The zero-order valence-electron chi connectivity index (χ0n) is 9.63. The number of aliphatic hydroxyl groups is 1. The first-order valence-corrected chi connectivity index (χ1v) is 6.99. The van der Waals surface area contributed by atoms with Gasteiger partial charge in [0.05, 0.1) is 0 Å². The van der Waals surface area contributed by atoms with E-state index in [0.29, 0.717) is 5.56 Å². The number of hydrogen-bond acceptors (Lipinski definition) is 3. The molecule has 0 atom stereocenters. The Morgan fingerprint density at radius 1 is 1.35 bits per heavy atom. The molecule has 0 unspecified atom stereocenters. The van der Waals surface area contributed by atoms with Gasteiger partial charge in [-0.05, 0) is 36.8 Å². The van der Waals surface area contributed by atoms with Crippen LogP contribution in [-0.2, 0) is 14.9 Å². The third-order valence-corrected chi connectivity index (χ3v) is 5.17. The summed E-state index contributed by atoms with van der Waals surface area (Å²) in [6, 6.07) is 7.16. The van der Waals surface area contributed by atoms with E-state index in [9.17, 15) is 13.0 Å². The van der Waals surface area contributed by atoms with Gasteiger partial charge < -0.3 is 5.11 Å². The van der Waals surface area contributed by atoms with Crippen molar-refractivity contribution in [1.29, 1.82) is 0 Å². The van der Waals surface area contributed by atoms with Crippen LogP contribution in [0, 0.1) is 12.8 Å². The Morgan fingerprint density at radius 3 is 2.41 bits per heavy atom. The van der Waals surface area contributed by atoms with Crippen LogP contribution in [0.2, 0.25) is 0 Å². The van der Waals surface area contributed by atoms with Gasteiger partial charge in [0.15, 0.2) is 0 Å². The van der Waals surface area contributed by atoms with Crippen molar-refractivity contribution in [3.8, 4) is 0 Å². The van der Waals surface area contributed by atoms with Crippen molar-refractivity contribution < 1.29 is 18.1 Å². The number of aryl methyl sites for hydroxylation is 1. The number of aliphatic hydroxyl groups excluding tert-OH is 1. The van der Waals surface area contributed by atoms with E-state index in [4.69, 9.17) is 5.11 Å². The lowest BCUT2D eigenvalue weighted by atomic mass is 9.70. The van der Waals surface area contributed by atoms with Crippen molar-refractivity contribution in [3.63, 3.8) is 0 Å². The monoisotopic (exact) mass is 256 g/mol. The Labute approximate surface area is 101 Å². The number of rotatable bonds is 3. The largest absolute Gasteiger partial charge is 0.396 e. The molecule has 0 aromatic heterocycles. The van der Waals surface area contributed by atoms with E-state index in [1.165, 1.54) is 0 Å². The molecule has 0 amide bonds. The Balaban J connectivity index is 2.48. The molecule has 94 valence electrons. The summed E-state index contributed by atoms with van der Waals surface area (Å²) in [5, 5.41) is 9.02. The van der Waals surface area contributed by atoms with Crippen LogP contribution < -0.4 is 0 Å². The second-order valence-corrected chi connectivity index (χ2v) is 6.47. The lowest BCUT2D eigenvalue weighted by Crippen LogP contribution is -2.49. The molecule has 0 spiro atoms. The summed E-state index contributed by atoms with van der Waals surface area (Å²) in [5.74, 6) is -0.0449. The summed E-state index contributed by atoms with van der Waals surface area (Å²) in [5.41, 5.74) is 1.49. The molecule has 0 aliphatic heterocycles. The Bertz CT molecular complexity index is 515. The van der Waals surface area contributed by atoms with Gasteiger partial charge in [-0.3, -0.25) is 4.55 Å². The van der Waals surface area contributed by atoms with Crippen LogP contribution in [0.5, 0.6) is 0 Å². The lowest BCUT2D eigenvalue weighted by molar-refractivity contribution is 0.116. The summed E-state index contributed by atoms with van der Waals surface area (Å²) in [7, 11) is -4.16. The molecule has 1 aliphatic carbocycles. The molecule has 1 aromatic carbocycles. The summed E-state index contributed by atoms with van der Waals surface area (Å²) in [6.07, 6.45) is 0.570. The van der Waals surface area contributed by atoms with Gasteiger partial charge >= 0.3 is 0 Å². The molecule has 5 heteroatoms. The third-order valence-electron chi connectivity index (χ3n) is 3.62. The minimum absolute atomic E-state index is 0.0385. The minimum atomic E-state index is -4.16. The standard InChI is InChI=1S/C12H16O4S/c1-9-4-2-3-5-11(9)12(17(14,15)16)6-10(7-12)8-13/h2-5,10,13H,6-8H2,1H3,(H,14,15,16). The Kier molecular flexibility index (Phi) is 3.01. The molecule has 1 aliphatic rings. The average molecular weight is 256 g/mol. The van der Waals surface area contributed by atoms with E-state index in [-0.39, 0.29) is 25.4 Å². The van der Waals surface area contributed by atoms with Crippen molar-refractivity contribution in [2.45, 2.75) is 24.5 Å². The molecule has 1 aromatic rings. The fourth-order valence-corrected chi connectivity index (χ4v) is 4.06. The van der Waals surface area contributed by atoms with Gasteiger partial charge in [-0.15, -0.1) is 0 Å². The number of benzene rings is 1. The highest BCUT2D eigenvalue weighted by Gasteiger charge is 2.55. The lowest BCUT2D eigenvalue weighted by Gasteiger charge is -2.45.